The maximum Gasteiger partial charge on any atom is 0.320 e. The van der Waals surface area contributed by atoms with Gasteiger partial charge in [0.25, 0.3) is 0 Å². The van der Waals surface area contributed by atoms with Gasteiger partial charge in [0.05, 0.1) is 5.69 Å². The molecule has 1 atom stereocenters. The SMILES string of the molecule is CCc1noc(C)c1CN1CCCC1C(=O)O.Cl. The van der Waals surface area contributed by atoms with Gasteiger partial charge in [0, 0.05) is 12.1 Å². The fraction of sp³-hybridized carbons (Fsp3) is 0.667. The lowest BCUT2D eigenvalue weighted by atomic mass is 10.1. The first-order valence-electron chi connectivity index (χ1n) is 6.04. The quantitative estimate of drug-likeness (QED) is 0.910. The van der Waals surface area contributed by atoms with Gasteiger partial charge < -0.3 is 9.63 Å². The number of hydrogen-bond donors (Lipinski definition) is 1. The van der Waals surface area contributed by atoms with Crippen LogP contribution in [0.2, 0.25) is 0 Å². The lowest BCUT2D eigenvalue weighted by Gasteiger charge is -2.20. The lowest BCUT2D eigenvalue weighted by molar-refractivity contribution is -0.142. The van der Waals surface area contributed by atoms with Crippen molar-refractivity contribution in [2.24, 2.45) is 0 Å². The summed E-state index contributed by atoms with van der Waals surface area (Å²) < 4.78 is 5.17. The molecule has 0 spiro atoms. The van der Waals surface area contributed by atoms with Crippen LogP contribution in [-0.4, -0.2) is 33.7 Å². The van der Waals surface area contributed by atoms with Crippen molar-refractivity contribution >= 4 is 18.4 Å². The predicted molar refractivity (Wildman–Crippen MR) is 68.9 cm³/mol. The Morgan fingerprint density at radius 2 is 2.33 bits per heavy atom. The number of aromatic nitrogens is 1. The number of hydrogen-bond acceptors (Lipinski definition) is 4. The molecule has 6 heteroatoms. The maximum atomic E-state index is 11.1. The van der Waals surface area contributed by atoms with Gasteiger partial charge in [-0.3, -0.25) is 9.69 Å². The van der Waals surface area contributed by atoms with E-state index >= 15 is 0 Å². The summed E-state index contributed by atoms with van der Waals surface area (Å²) in [6.45, 7) is 5.38. The van der Waals surface area contributed by atoms with Crippen LogP contribution in [0.15, 0.2) is 4.52 Å². The molecule has 102 valence electrons. The number of rotatable bonds is 4. The Hall–Kier alpha value is -1.07. The largest absolute Gasteiger partial charge is 0.480 e. The van der Waals surface area contributed by atoms with Gasteiger partial charge in [-0.2, -0.15) is 0 Å². The Morgan fingerprint density at radius 3 is 2.94 bits per heavy atom. The molecule has 1 aromatic heterocycles. The summed E-state index contributed by atoms with van der Waals surface area (Å²) in [6.07, 6.45) is 2.50. The summed E-state index contributed by atoms with van der Waals surface area (Å²) in [5.41, 5.74) is 2.00. The second-order valence-electron chi connectivity index (χ2n) is 4.48. The van der Waals surface area contributed by atoms with Crippen molar-refractivity contribution in [3.63, 3.8) is 0 Å². The summed E-state index contributed by atoms with van der Waals surface area (Å²) in [5.74, 6) is 0.0764. The van der Waals surface area contributed by atoms with Crippen molar-refractivity contribution in [1.29, 1.82) is 0 Å². The van der Waals surface area contributed by atoms with Crippen molar-refractivity contribution in [1.82, 2.24) is 10.1 Å². The third kappa shape index (κ3) is 2.84. The molecule has 0 aliphatic carbocycles. The van der Waals surface area contributed by atoms with E-state index in [4.69, 9.17) is 9.63 Å². The van der Waals surface area contributed by atoms with Crippen LogP contribution in [0, 0.1) is 6.92 Å². The molecule has 5 nitrogen and oxygen atoms in total. The van der Waals surface area contributed by atoms with Crippen LogP contribution in [0.3, 0.4) is 0 Å². The third-order valence-corrected chi connectivity index (χ3v) is 3.41. The van der Waals surface area contributed by atoms with Gasteiger partial charge in [-0.25, -0.2) is 0 Å². The molecule has 2 rings (SSSR count). The number of aryl methyl sites for hydroxylation is 2. The van der Waals surface area contributed by atoms with Gasteiger partial charge in [0.2, 0.25) is 0 Å². The van der Waals surface area contributed by atoms with E-state index in [2.05, 4.69) is 5.16 Å². The fourth-order valence-corrected chi connectivity index (χ4v) is 2.42. The summed E-state index contributed by atoms with van der Waals surface area (Å²) in [6, 6.07) is -0.353. The summed E-state index contributed by atoms with van der Waals surface area (Å²) >= 11 is 0. The molecule has 1 aromatic rings. The molecule has 1 saturated heterocycles. The molecule has 0 radical (unpaired) electrons. The molecular formula is C12H19ClN2O3. The number of carboxylic acid groups (broad SMARTS) is 1. The first-order chi connectivity index (χ1) is 8.13. The van der Waals surface area contributed by atoms with E-state index < -0.39 is 5.97 Å². The van der Waals surface area contributed by atoms with Crippen LogP contribution in [0.4, 0.5) is 0 Å². The fourth-order valence-electron chi connectivity index (χ4n) is 2.42. The highest BCUT2D eigenvalue weighted by Crippen LogP contribution is 2.23. The zero-order valence-corrected chi connectivity index (χ0v) is 11.5. The van der Waals surface area contributed by atoms with E-state index in [-0.39, 0.29) is 18.4 Å². The average molecular weight is 275 g/mol. The van der Waals surface area contributed by atoms with E-state index in [0.29, 0.717) is 6.54 Å². The van der Waals surface area contributed by atoms with E-state index in [0.717, 1.165) is 42.8 Å². The standard InChI is InChI=1S/C12H18N2O3.ClH/c1-3-10-9(8(2)17-13-10)7-14-6-4-5-11(14)12(15)16;/h11H,3-7H2,1-2H3,(H,15,16);1H. The van der Waals surface area contributed by atoms with E-state index in [1.165, 1.54) is 0 Å². The molecular weight excluding hydrogens is 256 g/mol. The Balaban J connectivity index is 0.00000162. The van der Waals surface area contributed by atoms with Crippen molar-refractivity contribution in [3.8, 4) is 0 Å². The van der Waals surface area contributed by atoms with Gasteiger partial charge in [-0.05, 0) is 32.7 Å². The Bertz CT molecular complexity index is 419. The first-order valence-corrected chi connectivity index (χ1v) is 6.04. The van der Waals surface area contributed by atoms with Crippen molar-refractivity contribution in [2.75, 3.05) is 6.54 Å². The second-order valence-corrected chi connectivity index (χ2v) is 4.48. The van der Waals surface area contributed by atoms with Gasteiger partial charge >= 0.3 is 5.97 Å². The number of aliphatic carboxylic acids is 1. The summed E-state index contributed by atoms with van der Waals surface area (Å²) in [7, 11) is 0. The van der Waals surface area contributed by atoms with E-state index in [9.17, 15) is 4.79 Å². The zero-order chi connectivity index (χ0) is 12.4. The van der Waals surface area contributed by atoms with Gasteiger partial charge in [0.15, 0.2) is 0 Å². The summed E-state index contributed by atoms with van der Waals surface area (Å²) in [4.78, 5) is 13.1. The smallest absolute Gasteiger partial charge is 0.320 e. The second kappa shape index (κ2) is 6.20. The Kier molecular flexibility index (Phi) is 5.16. The molecule has 0 aromatic carbocycles. The van der Waals surface area contributed by atoms with Crippen molar-refractivity contribution in [2.45, 2.75) is 45.7 Å². The highest BCUT2D eigenvalue weighted by Gasteiger charge is 2.31. The van der Waals surface area contributed by atoms with Crippen LogP contribution in [0.1, 0.15) is 36.8 Å². The molecule has 1 aliphatic rings. The number of likely N-dealkylation sites (tertiary alicyclic amines) is 1. The molecule has 18 heavy (non-hydrogen) atoms. The van der Waals surface area contributed by atoms with Crippen LogP contribution in [0.5, 0.6) is 0 Å². The topological polar surface area (TPSA) is 66.6 Å². The number of carboxylic acids is 1. The average Bonchev–Trinajstić information content (AvgIpc) is 2.88. The van der Waals surface area contributed by atoms with Crippen molar-refractivity contribution < 1.29 is 14.4 Å². The number of nitrogens with zero attached hydrogens (tertiary/aromatic N) is 2. The van der Waals surface area contributed by atoms with Crippen LogP contribution in [0.25, 0.3) is 0 Å². The minimum absolute atomic E-state index is 0. The van der Waals surface area contributed by atoms with Crippen LogP contribution in [-0.2, 0) is 17.8 Å². The molecule has 1 aliphatic heterocycles. The Morgan fingerprint density at radius 1 is 1.61 bits per heavy atom. The van der Waals surface area contributed by atoms with E-state index in [1.807, 2.05) is 18.7 Å². The van der Waals surface area contributed by atoms with Crippen LogP contribution >= 0.6 is 12.4 Å². The maximum absolute atomic E-state index is 11.1. The minimum Gasteiger partial charge on any atom is -0.480 e. The summed E-state index contributed by atoms with van der Waals surface area (Å²) in [5, 5.41) is 13.1. The lowest BCUT2D eigenvalue weighted by Crippen LogP contribution is -2.35. The van der Waals surface area contributed by atoms with Crippen molar-refractivity contribution in [3.05, 3.63) is 17.0 Å². The van der Waals surface area contributed by atoms with Crippen LogP contribution < -0.4 is 0 Å². The predicted octanol–water partition coefficient (Wildman–Crippen LogP) is 2.02. The first kappa shape index (κ1) is 15.0. The highest BCUT2D eigenvalue weighted by atomic mass is 35.5. The number of carbonyl (C=O) groups is 1. The van der Waals surface area contributed by atoms with E-state index in [1.54, 1.807) is 0 Å². The number of halogens is 1. The van der Waals surface area contributed by atoms with Gasteiger partial charge in [0.1, 0.15) is 11.8 Å². The van der Waals surface area contributed by atoms with Gasteiger partial charge in [-0.15, -0.1) is 12.4 Å². The normalized spacial score (nSPS) is 19.8. The molecule has 1 unspecified atom stereocenters. The molecule has 1 N–H and O–H groups in total. The third-order valence-electron chi connectivity index (χ3n) is 3.41. The van der Waals surface area contributed by atoms with Gasteiger partial charge in [-0.1, -0.05) is 12.1 Å². The zero-order valence-electron chi connectivity index (χ0n) is 10.7. The minimum atomic E-state index is -0.727. The molecule has 0 saturated carbocycles. The molecule has 0 bridgehead atoms. The molecule has 2 heterocycles. The highest BCUT2D eigenvalue weighted by molar-refractivity contribution is 5.85. The Labute approximate surface area is 113 Å². The molecule has 0 amide bonds. The monoisotopic (exact) mass is 274 g/mol. The molecule has 1 fully saturated rings.